The first-order chi connectivity index (χ1) is 9.41. The van der Waals surface area contributed by atoms with Gasteiger partial charge in [0.2, 0.25) is 11.8 Å². The fourth-order valence-corrected chi connectivity index (χ4v) is 3.20. The van der Waals surface area contributed by atoms with E-state index in [0.29, 0.717) is 0 Å². The Hall–Kier alpha value is -2.10. The molecular formula is C16H18N2O2. The lowest BCUT2D eigenvalue weighted by Gasteiger charge is -2.25. The summed E-state index contributed by atoms with van der Waals surface area (Å²) in [6.07, 6.45) is 2.20. The fourth-order valence-electron chi connectivity index (χ4n) is 3.20. The molecule has 1 fully saturated rings. The van der Waals surface area contributed by atoms with Crippen molar-refractivity contribution >= 4 is 17.5 Å². The van der Waals surface area contributed by atoms with Crippen molar-refractivity contribution in [3.05, 3.63) is 41.6 Å². The average molecular weight is 270 g/mol. The smallest absolute Gasteiger partial charge is 0.234 e. The van der Waals surface area contributed by atoms with Gasteiger partial charge in [-0.15, -0.1) is 0 Å². The molecule has 2 aliphatic rings. The number of carbonyl (C=O) groups is 2. The molecular weight excluding hydrogens is 252 g/mol. The Kier molecular flexibility index (Phi) is 2.71. The van der Waals surface area contributed by atoms with Crippen LogP contribution in [0.5, 0.6) is 0 Å². The van der Waals surface area contributed by atoms with E-state index < -0.39 is 0 Å². The number of imide groups is 1. The Morgan fingerprint density at radius 1 is 1.30 bits per heavy atom. The van der Waals surface area contributed by atoms with Crippen molar-refractivity contribution in [3.8, 4) is 0 Å². The highest BCUT2D eigenvalue weighted by Crippen LogP contribution is 2.47. The van der Waals surface area contributed by atoms with Crippen molar-refractivity contribution in [1.29, 1.82) is 0 Å². The molecule has 0 aliphatic carbocycles. The van der Waals surface area contributed by atoms with Gasteiger partial charge in [0.1, 0.15) is 0 Å². The van der Waals surface area contributed by atoms with Crippen molar-refractivity contribution in [3.63, 3.8) is 0 Å². The van der Waals surface area contributed by atoms with Gasteiger partial charge < -0.3 is 4.90 Å². The van der Waals surface area contributed by atoms with Crippen LogP contribution in [0.1, 0.15) is 25.8 Å². The largest absolute Gasteiger partial charge is 0.347 e. The first kappa shape index (κ1) is 12.9. The lowest BCUT2D eigenvalue weighted by atomic mass is 9.82. The van der Waals surface area contributed by atoms with E-state index >= 15 is 0 Å². The highest BCUT2D eigenvalue weighted by molar-refractivity contribution is 6.04. The van der Waals surface area contributed by atoms with Crippen molar-refractivity contribution < 1.29 is 9.59 Å². The Morgan fingerprint density at radius 3 is 2.60 bits per heavy atom. The van der Waals surface area contributed by atoms with Gasteiger partial charge in [0.05, 0.1) is 5.92 Å². The van der Waals surface area contributed by atoms with Crippen LogP contribution in [0, 0.1) is 5.92 Å². The zero-order valence-electron chi connectivity index (χ0n) is 11.9. The summed E-state index contributed by atoms with van der Waals surface area (Å²) in [6.45, 7) is 4.30. The molecule has 3 rings (SSSR count). The highest BCUT2D eigenvalue weighted by atomic mass is 16.2. The molecule has 4 nitrogen and oxygen atoms in total. The van der Waals surface area contributed by atoms with Crippen molar-refractivity contribution in [1.82, 2.24) is 5.32 Å². The number of anilines is 1. The maximum Gasteiger partial charge on any atom is 0.234 e. The first-order valence-electron chi connectivity index (χ1n) is 6.80. The number of rotatable bonds is 1. The van der Waals surface area contributed by atoms with E-state index in [9.17, 15) is 9.59 Å². The molecule has 4 heteroatoms. The summed E-state index contributed by atoms with van der Waals surface area (Å²) in [6, 6.07) is 8.24. The molecule has 1 aromatic rings. The third-order valence-electron chi connectivity index (χ3n) is 4.30. The molecule has 104 valence electrons. The molecule has 2 heterocycles. The van der Waals surface area contributed by atoms with Crippen LogP contribution in [0.25, 0.3) is 0 Å². The normalized spacial score (nSPS) is 26.1. The van der Waals surface area contributed by atoms with Crippen LogP contribution >= 0.6 is 0 Å². The highest BCUT2D eigenvalue weighted by Gasteiger charge is 2.40. The number of benzene rings is 1. The summed E-state index contributed by atoms with van der Waals surface area (Å²) in [4.78, 5) is 25.2. The molecule has 0 aromatic heterocycles. The predicted octanol–water partition coefficient (Wildman–Crippen LogP) is 1.96. The quantitative estimate of drug-likeness (QED) is 0.794. The Labute approximate surface area is 118 Å². The number of hydrogen-bond donors (Lipinski definition) is 1. The lowest BCUT2D eigenvalue weighted by Crippen LogP contribution is -2.26. The molecule has 0 saturated carbocycles. The minimum Gasteiger partial charge on any atom is -0.347 e. The van der Waals surface area contributed by atoms with Gasteiger partial charge in [-0.05, 0) is 11.6 Å². The molecule has 2 aliphatic heterocycles. The van der Waals surface area contributed by atoms with Gasteiger partial charge in [-0.3, -0.25) is 14.9 Å². The molecule has 0 unspecified atom stereocenters. The zero-order chi connectivity index (χ0) is 14.5. The van der Waals surface area contributed by atoms with Gasteiger partial charge in [-0.25, -0.2) is 0 Å². The number of likely N-dealkylation sites (N-methyl/N-ethyl adjacent to an activating group) is 1. The Bertz CT molecular complexity index is 631. The fraction of sp³-hybridized carbons (Fsp3) is 0.375. The lowest BCUT2D eigenvalue weighted by molar-refractivity contribution is -0.125. The van der Waals surface area contributed by atoms with Crippen LogP contribution in [0.15, 0.2) is 36.0 Å². The van der Waals surface area contributed by atoms with E-state index in [0.717, 1.165) is 11.4 Å². The number of allylic oxidation sites excluding steroid dienone is 1. The summed E-state index contributed by atoms with van der Waals surface area (Å²) in [7, 11) is 2.01. The van der Waals surface area contributed by atoms with Crippen LogP contribution in [0.3, 0.4) is 0 Å². The molecule has 1 N–H and O–H groups in total. The van der Waals surface area contributed by atoms with Gasteiger partial charge >= 0.3 is 0 Å². The summed E-state index contributed by atoms with van der Waals surface area (Å²) >= 11 is 0. The number of amides is 2. The van der Waals surface area contributed by atoms with E-state index in [1.54, 1.807) is 0 Å². The molecule has 0 bridgehead atoms. The minimum atomic E-state index is -0.353. The van der Waals surface area contributed by atoms with Crippen molar-refractivity contribution in [2.45, 2.75) is 25.7 Å². The third kappa shape index (κ3) is 1.75. The predicted molar refractivity (Wildman–Crippen MR) is 77.2 cm³/mol. The molecule has 0 radical (unpaired) electrons. The van der Waals surface area contributed by atoms with Gasteiger partial charge in [0.25, 0.3) is 0 Å². The van der Waals surface area contributed by atoms with E-state index in [-0.39, 0.29) is 29.6 Å². The molecule has 0 spiro atoms. The van der Waals surface area contributed by atoms with E-state index in [2.05, 4.69) is 36.2 Å². The SMILES string of the molecule is CN1/C(=C/[C@@H]2CC(=O)NC2=O)C(C)(C)c2ccccc21. The summed E-state index contributed by atoms with van der Waals surface area (Å²) in [5.41, 5.74) is 3.33. The van der Waals surface area contributed by atoms with Crippen LogP contribution in [-0.4, -0.2) is 18.9 Å². The monoisotopic (exact) mass is 270 g/mol. The number of nitrogens with one attached hydrogen (secondary N) is 1. The number of para-hydroxylation sites is 1. The van der Waals surface area contributed by atoms with E-state index in [1.807, 2.05) is 25.3 Å². The van der Waals surface area contributed by atoms with Gasteiger partial charge in [-0.2, -0.15) is 0 Å². The molecule has 1 saturated heterocycles. The van der Waals surface area contributed by atoms with Gasteiger partial charge in [0.15, 0.2) is 0 Å². The van der Waals surface area contributed by atoms with Gasteiger partial charge in [0, 0.05) is 30.3 Å². The average Bonchev–Trinajstić information content (AvgIpc) is 2.81. The molecule has 1 atom stereocenters. The Balaban J connectivity index is 2.04. The Morgan fingerprint density at radius 2 is 2.00 bits per heavy atom. The molecule has 1 aromatic carbocycles. The number of fused-ring (bicyclic) bond motifs is 1. The summed E-state index contributed by atoms with van der Waals surface area (Å²) < 4.78 is 0. The van der Waals surface area contributed by atoms with Crippen LogP contribution in [-0.2, 0) is 15.0 Å². The summed E-state index contributed by atoms with van der Waals surface area (Å²) in [5.74, 6) is -0.732. The second-order valence-corrected chi connectivity index (χ2v) is 5.98. The number of hydrogen-bond acceptors (Lipinski definition) is 3. The zero-order valence-corrected chi connectivity index (χ0v) is 11.9. The first-order valence-corrected chi connectivity index (χ1v) is 6.80. The minimum absolute atomic E-state index is 0.155. The second-order valence-electron chi connectivity index (χ2n) is 5.98. The van der Waals surface area contributed by atoms with Crippen LogP contribution < -0.4 is 10.2 Å². The van der Waals surface area contributed by atoms with E-state index in [4.69, 9.17) is 0 Å². The van der Waals surface area contributed by atoms with Gasteiger partial charge in [-0.1, -0.05) is 38.1 Å². The standard InChI is InChI=1S/C16H18N2O2/c1-16(2)11-6-4-5-7-12(11)18(3)13(16)8-10-9-14(19)17-15(10)20/h4-8,10H,9H2,1-3H3,(H,17,19,20)/b13-8+/t10-/m1/s1. The van der Waals surface area contributed by atoms with Crippen molar-refractivity contribution in [2.24, 2.45) is 5.92 Å². The summed E-state index contributed by atoms with van der Waals surface area (Å²) in [5, 5.41) is 2.36. The van der Waals surface area contributed by atoms with Crippen molar-refractivity contribution in [2.75, 3.05) is 11.9 Å². The van der Waals surface area contributed by atoms with Crippen LogP contribution in [0.4, 0.5) is 5.69 Å². The maximum atomic E-state index is 11.8. The second kappa shape index (κ2) is 4.20. The topological polar surface area (TPSA) is 49.4 Å². The molecule has 2 amide bonds. The van der Waals surface area contributed by atoms with E-state index in [1.165, 1.54) is 5.56 Å². The molecule has 20 heavy (non-hydrogen) atoms. The third-order valence-corrected chi connectivity index (χ3v) is 4.30. The van der Waals surface area contributed by atoms with Crippen LogP contribution in [0.2, 0.25) is 0 Å². The maximum absolute atomic E-state index is 11.8. The number of carbonyl (C=O) groups excluding carboxylic acids is 2. The number of nitrogens with zero attached hydrogens (tertiary/aromatic N) is 1.